The van der Waals surface area contributed by atoms with Crippen LogP contribution in [0.4, 0.5) is 17.1 Å². The van der Waals surface area contributed by atoms with Gasteiger partial charge in [0.2, 0.25) is 0 Å². The maximum absolute atomic E-state index is 9.64. The Kier molecular flexibility index (Phi) is 4.57. The van der Waals surface area contributed by atoms with Crippen molar-refractivity contribution in [1.82, 2.24) is 0 Å². The van der Waals surface area contributed by atoms with Crippen LogP contribution >= 0.6 is 0 Å². The molecule has 0 fully saturated rings. The molecule has 0 saturated carbocycles. The summed E-state index contributed by atoms with van der Waals surface area (Å²) >= 11 is 0. The van der Waals surface area contributed by atoms with Crippen LogP contribution in [-0.2, 0) is 0 Å². The number of benzene rings is 9. The minimum atomic E-state index is -0.732. The first-order valence-corrected chi connectivity index (χ1v) is 15.8. The smallest absolute Gasteiger partial charge is 0.0645 e. The summed E-state index contributed by atoms with van der Waals surface area (Å²) in [5.41, 5.74) is 0.367. The van der Waals surface area contributed by atoms with Crippen LogP contribution in [0, 0.1) is 0 Å². The molecule has 0 heterocycles. The highest BCUT2D eigenvalue weighted by Gasteiger charge is 2.16. The zero-order valence-electron chi connectivity index (χ0n) is 39.0. The number of hydrogen-bond donors (Lipinski definition) is 0. The average Bonchev–Trinajstić information content (AvgIpc) is 3.29. The minimum Gasteiger partial charge on any atom is -0.310 e. The maximum atomic E-state index is 9.64. The zero-order chi connectivity index (χ0) is 43.9. The fraction of sp³-hybridized carbons (Fsp3) is 0. The first-order valence-electron chi connectivity index (χ1n) is 22.3. The predicted molar refractivity (Wildman–Crippen MR) is 210 cm³/mol. The Morgan fingerprint density at radius 2 is 0.898 bits per heavy atom. The third kappa shape index (κ3) is 5.32. The van der Waals surface area contributed by atoms with Crippen LogP contribution in [0.5, 0.6) is 0 Å². The molecule has 0 aliphatic heterocycles. The van der Waals surface area contributed by atoms with Gasteiger partial charge in [0.05, 0.1) is 17.8 Å². The van der Waals surface area contributed by atoms with E-state index in [9.17, 15) is 11.0 Å². The van der Waals surface area contributed by atoms with E-state index in [0.29, 0.717) is 16.5 Å². The Labute approximate surface area is 305 Å². The van der Waals surface area contributed by atoms with Crippen LogP contribution in [-0.4, -0.2) is 0 Å². The van der Waals surface area contributed by atoms with Gasteiger partial charge in [-0.05, 0) is 108 Å². The monoisotopic (exact) mass is 636 g/mol. The molecule has 0 amide bonds. The molecule has 9 aromatic rings. The molecule has 0 spiro atoms. The molecular formula is C48H33N. The first-order chi connectivity index (χ1) is 29.7. The van der Waals surface area contributed by atoms with Crippen molar-refractivity contribution in [2.24, 2.45) is 0 Å². The molecule has 1 heteroatoms. The summed E-state index contributed by atoms with van der Waals surface area (Å²) in [6.45, 7) is 0. The Balaban J connectivity index is 1.35. The number of nitrogens with zero attached hydrogens (tertiary/aromatic N) is 1. The highest BCUT2D eigenvalue weighted by Crippen LogP contribution is 2.41. The summed E-state index contributed by atoms with van der Waals surface area (Å²) in [6.07, 6.45) is 0. The second kappa shape index (κ2) is 12.3. The fourth-order valence-corrected chi connectivity index (χ4v) is 6.39. The van der Waals surface area contributed by atoms with Gasteiger partial charge in [-0.2, -0.15) is 0 Å². The molecule has 0 aliphatic carbocycles. The molecule has 0 saturated heterocycles. The third-order valence-electron chi connectivity index (χ3n) is 8.66. The number of fused-ring (bicyclic) bond motifs is 4. The van der Waals surface area contributed by atoms with Gasteiger partial charge in [0.1, 0.15) is 0 Å². The third-order valence-corrected chi connectivity index (χ3v) is 8.66. The van der Waals surface area contributed by atoms with Gasteiger partial charge in [-0.15, -0.1) is 0 Å². The largest absolute Gasteiger partial charge is 0.310 e. The quantitative estimate of drug-likeness (QED) is 0.164. The highest BCUT2D eigenvalue weighted by atomic mass is 15.1. The van der Waals surface area contributed by atoms with Crippen molar-refractivity contribution < 1.29 is 17.8 Å². The van der Waals surface area contributed by atoms with Crippen molar-refractivity contribution in [1.29, 1.82) is 0 Å². The lowest BCUT2D eigenvalue weighted by atomic mass is 9.93. The molecule has 0 radical (unpaired) electrons. The Bertz CT molecular complexity index is 3270. The maximum Gasteiger partial charge on any atom is 0.0645 e. The van der Waals surface area contributed by atoms with Crippen LogP contribution in [0.25, 0.3) is 65.7 Å². The summed E-state index contributed by atoms with van der Waals surface area (Å²) in [5, 5.41) is 5.23. The van der Waals surface area contributed by atoms with Gasteiger partial charge in [0.25, 0.3) is 0 Å². The number of rotatable bonds is 6. The van der Waals surface area contributed by atoms with E-state index in [1.807, 2.05) is 103 Å². The zero-order valence-corrected chi connectivity index (χ0v) is 26.0. The van der Waals surface area contributed by atoms with E-state index < -0.39 is 95.4 Å². The molecule has 49 heavy (non-hydrogen) atoms. The van der Waals surface area contributed by atoms with Crippen molar-refractivity contribution >= 4 is 49.4 Å². The van der Waals surface area contributed by atoms with E-state index in [0.717, 1.165) is 32.5 Å². The predicted octanol–water partition coefficient (Wildman–Crippen LogP) is 13.6. The van der Waals surface area contributed by atoms with E-state index in [-0.39, 0.29) is 16.9 Å². The minimum absolute atomic E-state index is 0.0336. The summed E-state index contributed by atoms with van der Waals surface area (Å²) < 4.78 is 118. The summed E-state index contributed by atoms with van der Waals surface area (Å²) in [7, 11) is 0. The topological polar surface area (TPSA) is 3.24 Å². The second-order valence-corrected chi connectivity index (χ2v) is 11.6. The molecule has 0 aliphatic rings. The molecule has 0 N–H and O–H groups in total. The van der Waals surface area contributed by atoms with Crippen LogP contribution in [0.3, 0.4) is 0 Å². The van der Waals surface area contributed by atoms with Crippen molar-refractivity contribution in [2.75, 3.05) is 4.90 Å². The van der Waals surface area contributed by atoms with Crippen molar-refractivity contribution in [3.05, 3.63) is 200 Å². The molecule has 0 bridgehead atoms. The Hall–Kier alpha value is -6.44. The van der Waals surface area contributed by atoms with E-state index in [4.69, 9.17) is 6.85 Å². The number of anilines is 3. The second-order valence-electron chi connectivity index (χ2n) is 11.6. The molecular weight excluding hydrogens is 591 g/mol. The van der Waals surface area contributed by atoms with Crippen molar-refractivity contribution in [3.8, 4) is 33.4 Å². The molecule has 1 nitrogen and oxygen atoms in total. The lowest BCUT2D eigenvalue weighted by Crippen LogP contribution is -2.10. The van der Waals surface area contributed by atoms with Crippen molar-refractivity contribution in [2.45, 2.75) is 0 Å². The normalized spacial score (nSPS) is 15.0. The average molecular weight is 637 g/mol. The highest BCUT2D eigenvalue weighted by molar-refractivity contribution is 6.13. The van der Waals surface area contributed by atoms with Gasteiger partial charge in [0.15, 0.2) is 0 Å². The van der Waals surface area contributed by atoms with Crippen LogP contribution in [0.15, 0.2) is 200 Å². The summed E-state index contributed by atoms with van der Waals surface area (Å²) in [4.78, 5) is 1.20. The number of hydrogen-bond acceptors (Lipinski definition) is 1. The van der Waals surface area contributed by atoms with Gasteiger partial charge in [-0.25, -0.2) is 0 Å². The summed E-state index contributed by atoms with van der Waals surface area (Å²) in [5.74, 6) is 0. The summed E-state index contributed by atoms with van der Waals surface area (Å²) in [6, 6.07) is 29.3. The SMILES string of the molecule is [2H]c1c([2H])c([2H])c(-c2c([2H])c([2H])c(N(c3cccc(-c4cccc5ccccc45)c3)c3c([2H])c([2H])c(-c4cc5ccccc5c5ccccc45)c([2H])c3[2H])c([2H])c2[2H])c([2H])c1[2H]. The molecule has 9 rings (SSSR count). The van der Waals surface area contributed by atoms with Gasteiger partial charge in [-0.1, -0.05) is 158 Å². The molecule has 230 valence electrons. The van der Waals surface area contributed by atoms with E-state index in [1.54, 1.807) is 18.2 Å². The van der Waals surface area contributed by atoms with Gasteiger partial charge >= 0.3 is 0 Å². The van der Waals surface area contributed by atoms with E-state index in [1.165, 1.54) is 4.90 Å². The van der Waals surface area contributed by atoms with Gasteiger partial charge in [0, 0.05) is 17.1 Å². The van der Waals surface area contributed by atoms with Crippen LogP contribution in [0.1, 0.15) is 17.8 Å². The molecule has 9 aromatic carbocycles. The fourth-order valence-electron chi connectivity index (χ4n) is 6.39. The van der Waals surface area contributed by atoms with E-state index >= 15 is 0 Å². The molecule has 0 aromatic heterocycles. The van der Waals surface area contributed by atoms with Crippen LogP contribution in [0.2, 0.25) is 0 Å². The Morgan fingerprint density at radius 1 is 0.327 bits per heavy atom. The van der Waals surface area contributed by atoms with Gasteiger partial charge < -0.3 is 4.90 Å². The lowest BCUT2D eigenvalue weighted by molar-refractivity contribution is 1.28. The van der Waals surface area contributed by atoms with Crippen molar-refractivity contribution in [3.63, 3.8) is 0 Å². The van der Waals surface area contributed by atoms with Gasteiger partial charge in [-0.3, -0.25) is 0 Å². The van der Waals surface area contributed by atoms with Crippen LogP contribution < -0.4 is 4.90 Å². The molecule has 0 unspecified atom stereocenters. The Morgan fingerprint density at radius 3 is 1.65 bits per heavy atom. The standard InChI is InChI=1S/C48H33N/c1-2-12-34(13-3-1)35-24-28-40(29-25-35)49(42-18-10-17-38(32-42)44-23-11-16-36-14-4-6-19-43(36)44)41-30-26-37(27-31-41)48-33-39-15-5-7-20-45(39)46-21-8-9-22-47(46)48/h1-33H/i1D,2D,3D,12D,13D,24D,25D,26D,27D,28D,29D,30D,31D. The lowest BCUT2D eigenvalue weighted by Gasteiger charge is -2.26. The van der Waals surface area contributed by atoms with E-state index in [2.05, 4.69) is 0 Å². The molecule has 0 atom stereocenters. The first kappa shape index (κ1) is 18.2.